The number of nitrogens with one attached hydrogen (secondary N) is 3. The molecule has 2 aromatic heterocycles. The summed E-state index contributed by atoms with van der Waals surface area (Å²) in [7, 11) is 1.52. The van der Waals surface area contributed by atoms with Crippen molar-refractivity contribution in [3.05, 3.63) is 40.8 Å². The van der Waals surface area contributed by atoms with Gasteiger partial charge in [0.1, 0.15) is 52.0 Å². The van der Waals surface area contributed by atoms with Crippen molar-refractivity contribution in [2.75, 3.05) is 19.0 Å². The van der Waals surface area contributed by atoms with Crippen molar-refractivity contribution in [2.24, 2.45) is 23.2 Å². The Kier molecular flexibility index (Phi) is 10.9. The second-order valence-electron chi connectivity index (χ2n) is 17.2. The fraction of sp³-hybridized carbons (Fsp3) is 0.561. The van der Waals surface area contributed by atoms with Crippen LogP contribution in [0.4, 0.5) is 9.93 Å². The van der Waals surface area contributed by atoms with Gasteiger partial charge in [0, 0.05) is 34.7 Å². The molecule has 16 heteroatoms. The van der Waals surface area contributed by atoms with Crippen LogP contribution in [0.3, 0.4) is 0 Å². The molecule has 0 bridgehead atoms. The number of carbonyl (C=O) groups excluding carboxylic acids is 3. The zero-order valence-corrected chi connectivity index (χ0v) is 34.9. The molecule has 0 spiro atoms. The van der Waals surface area contributed by atoms with Crippen molar-refractivity contribution in [2.45, 2.75) is 110 Å². The lowest BCUT2D eigenvalue weighted by molar-refractivity contribution is -0.146. The standard InChI is InChI=1S/C41H51ClN6O8S/c1-9-23-17-41(23,37(51)52)47-35(49)28-15-25(18-48(28)36(50)34(40(5,6)7)46-39(53)56-24-13-21-12-22(21)14-24)55-30-16-27(32-20(4)57-38(45-32)43-19(2)3)44-33-26(30)10-11-29(54-8)31(33)42/h9-11,16,19,21-25,28,34H,1,12-15,17-18H2,2-8H3,(H,43,45)(H,46,53)(H,47,49)(H,51,52)/t21-,22+,23-,24?,25-,28+,34-,41-/m1/s1. The van der Waals surface area contributed by atoms with E-state index in [4.69, 9.17) is 35.8 Å². The number of amides is 3. The molecule has 1 aliphatic heterocycles. The molecule has 1 saturated heterocycles. The molecule has 57 heavy (non-hydrogen) atoms. The molecule has 14 nitrogen and oxygen atoms in total. The third-order valence-corrected chi connectivity index (χ3v) is 12.8. The summed E-state index contributed by atoms with van der Waals surface area (Å²) in [6, 6.07) is 3.22. The van der Waals surface area contributed by atoms with Gasteiger partial charge in [-0.15, -0.1) is 17.9 Å². The molecule has 306 valence electrons. The molecule has 4 aliphatic rings. The maximum Gasteiger partial charge on any atom is 0.408 e. The highest BCUT2D eigenvalue weighted by Gasteiger charge is 2.61. The molecule has 4 N–H and O–H groups in total. The van der Waals surface area contributed by atoms with E-state index in [0.717, 1.165) is 22.9 Å². The predicted molar refractivity (Wildman–Crippen MR) is 217 cm³/mol. The molecule has 3 amide bonds. The van der Waals surface area contributed by atoms with Gasteiger partial charge < -0.3 is 40.2 Å². The van der Waals surface area contributed by atoms with Gasteiger partial charge in [-0.1, -0.05) is 38.4 Å². The van der Waals surface area contributed by atoms with Gasteiger partial charge in [-0.2, -0.15) is 0 Å². The summed E-state index contributed by atoms with van der Waals surface area (Å²) >= 11 is 8.35. The fourth-order valence-corrected chi connectivity index (χ4v) is 9.53. The average Bonchev–Trinajstić information content (AvgIpc) is 3.86. The number of anilines is 1. The number of thiazole rings is 1. The summed E-state index contributed by atoms with van der Waals surface area (Å²) in [6.07, 6.45) is 2.89. The zero-order chi connectivity index (χ0) is 41.1. The summed E-state index contributed by atoms with van der Waals surface area (Å²) in [4.78, 5) is 66.6. The number of hydrogen-bond acceptors (Lipinski definition) is 11. The minimum Gasteiger partial charge on any atom is -0.495 e. The van der Waals surface area contributed by atoms with E-state index in [1.165, 1.54) is 35.8 Å². The Balaban J connectivity index is 1.22. The molecule has 1 unspecified atom stereocenters. The first-order chi connectivity index (χ1) is 26.9. The topological polar surface area (TPSA) is 181 Å². The first-order valence-electron chi connectivity index (χ1n) is 19.5. The van der Waals surface area contributed by atoms with Crippen molar-refractivity contribution in [1.29, 1.82) is 0 Å². The minimum absolute atomic E-state index is 0.0272. The summed E-state index contributed by atoms with van der Waals surface area (Å²) in [6.45, 7) is 15.2. The third kappa shape index (κ3) is 8.09. The number of hydrogen-bond donors (Lipinski definition) is 4. The molecule has 7 rings (SSSR count). The number of aliphatic carboxylic acids is 1. The van der Waals surface area contributed by atoms with Gasteiger partial charge in [-0.05, 0) is 75.8 Å². The van der Waals surface area contributed by atoms with E-state index in [0.29, 0.717) is 45.6 Å². The monoisotopic (exact) mass is 822 g/mol. The number of ether oxygens (including phenoxy) is 3. The second-order valence-corrected chi connectivity index (χ2v) is 18.8. The lowest BCUT2D eigenvalue weighted by Gasteiger charge is -2.35. The SMILES string of the molecule is C=C[C@@H]1C[C@]1(NC(=O)[C@@H]1C[C@@H](Oc2cc(-c3nc(NC(C)C)sc3C)nc3c(Cl)c(OC)ccc23)CN1C(=O)[C@@H](NC(=O)OC1C[C@@H]2C[C@@H]2C1)C(C)(C)C)C(=O)O. The number of carboxylic acids is 1. The van der Waals surface area contributed by atoms with Crippen LogP contribution in [-0.2, 0) is 19.1 Å². The Hall–Kier alpha value is -4.63. The highest BCUT2D eigenvalue weighted by molar-refractivity contribution is 7.16. The number of halogens is 1. The lowest BCUT2D eigenvalue weighted by Crippen LogP contribution is -2.59. The molecule has 8 atom stereocenters. The fourth-order valence-electron chi connectivity index (χ4n) is 8.27. The number of methoxy groups -OCH3 is 1. The molecule has 3 aromatic rings. The third-order valence-electron chi connectivity index (χ3n) is 11.5. The van der Waals surface area contributed by atoms with Crippen molar-refractivity contribution in [3.63, 3.8) is 0 Å². The molecule has 0 radical (unpaired) electrons. The van der Waals surface area contributed by atoms with Gasteiger partial charge in [0.25, 0.3) is 0 Å². The molecular formula is C41H51ClN6O8S. The minimum atomic E-state index is -1.53. The number of likely N-dealkylation sites (tertiary alicyclic amines) is 1. The maximum atomic E-state index is 14.7. The summed E-state index contributed by atoms with van der Waals surface area (Å²) in [5.74, 6) is -0.801. The number of nitrogens with zero attached hydrogens (tertiary/aromatic N) is 3. The van der Waals surface area contributed by atoms with E-state index >= 15 is 0 Å². The van der Waals surface area contributed by atoms with Crippen LogP contribution in [0, 0.1) is 30.1 Å². The molecule has 4 fully saturated rings. The molecule has 1 aromatic carbocycles. The Morgan fingerprint density at radius 2 is 1.81 bits per heavy atom. The molecule has 3 heterocycles. The first kappa shape index (κ1) is 40.6. The highest BCUT2D eigenvalue weighted by Crippen LogP contribution is 2.52. The van der Waals surface area contributed by atoms with E-state index in [9.17, 15) is 24.3 Å². The second kappa shape index (κ2) is 15.3. The lowest BCUT2D eigenvalue weighted by atomic mass is 9.85. The molecule has 3 saturated carbocycles. The number of fused-ring (bicyclic) bond motifs is 2. The number of rotatable bonds is 13. The maximum absolute atomic E-state index is 14.7. The number of benzene rings is 1. The van der Waals surface area contributed by atoms with Gasteiger partial charge in [-0.25, -0.2) is 19.6 Å². The summed E-state index contributed by atoms with van der Waals surface area (Å²) in [5, 5.41) is 20.6. The van der Waals surface area contributed by atoms with Gasteiger partial charge in [-0.3, -0.25) is 9.59 Å². The summed E-state index contributed by atoms with van der Waals surface area (Å²) < 4.78 is 18.0. The Labute approximate surface area is 341 Å². The van der Waals surface area contributed by atoms with Crippen molar-refractivity contribution in [3.8, 4) is 22.9 Å². The van der Waals surface area contributed by atoms with Gasteiger partial charge in [0.05, 0.1) is 24.9 Å². The van der Waals surface area contributed by atoms with Crippen LogP contribution >= 0.6 is 22.9 Å². The quantitative estimate of drug-likeness (QED) is 0.137. The smallest absolute Gasteiger partial charge is 0.408 e. The van der Waals surface area contributed by atoms with Crippen LogP contribution in [0.1, 0.15) is 71.6 Å². The van der Waals surface area contributed by atoms with E-state index in [1.807, 2.05) is 41.5 Å². The van der Waals surface area contributed by atoms with E-state index < -0.39 is 58.9 Å². The molecular weight excluding hydrogens is 772 g/mol. The average molecular weight is 823 g/mol. The highest BCUT2D eigenvalue weighted by atomic mass is 35.5. The van der Waals surface area contributed by atoms with Crippen LogP contribution in [0.25, 0.3) is 22.3 Å². The van der Waals surface area contributed by atoms with Gasteiger partial charge in [0.2, 0.25) is 11.8 Å². The Morgan fingerprint density at radius 1 is 1.09 bits per heavy atom. The number of pyridine rings is 1. The van der Waals surface area contributed by atoms with E-state index in [2.05, 4.69) is 22.5 Å². The van der Waals surface area contributed by atoms with E-state index in [-0.39, 0.29) is 36.6 Å². The van der Waals surface area contributed by atoms with E-state index in [1.54, 1.807) is 18.2 Å². The van der Waals surface area contributed by atoms with Crippen LogP contribution in [-0.4, -0.2) is 93.4 Å². The predicted octanol–water partition coefficient (Wildman–Crippen LogP) is 6.58. The first-order valence-corrected chi connectivity index (χ1v) is 20.7. The van der Waals surface area contributed by atoms with Crippen LogP contribution < -0.4 is 25.4 Å². The zero-order valence-electron chi connectivity index (χ0n) is 33.3. The van der Waals surface area contributed by atoms with Crippen LogP contribution in [0.15, 0.2) is 30.9 Å². The number of alkyl carbamates (subject to hydrolysis) is 1. The largest absolute Gasteiger partial charge is 0.495 e. The normalized spacial score (nSPS) is 26.7. The van der Waals surface area contributed by atoms with Crippen LogP contribution in [0.5, 0.6) is 11.5 Å². The van der Waals surface area contributed by atoms with Crippen molar-refractivity contribution >= 4 is 62.8 Å². The number of aromatic nitrogens is 2. The van der Waals surface area contributed by atoms with Gasteiger partial charge in [0.15, 0.2) is 5.13 Å². The van der Waals surface area contributed by atoms with Crippen LogP contribution in [0.2, 0.25) is 5.02 Å². The Morgan fingerprint density at radius 3 is 2.42 bits per heavy atom. The van der Waals surface area contributed by atoms with Crippen molar-refractivity contribution in [1.82, 2.24) is 25.5 Å². The Bertz CT molecular complexity index is 2110. The number of carbonyl (C=O) groups is 4. The van der Waals surface area contributed by atoms with Crippen molar-refractivity contribution < 1.29 is 38.5 Å². The number of aryl methyl sites for hydroxylation is 1. The molecule has 3 aliphatic carbocycles. The summed E-state index contributed by atoms with van der Waals surface area (Å²) in [5.41, 5.74) is -0.768. The number of carboxylic acid groups (broad SMARTS) is 1. The van der Waals surface area contributed by atoms with Gasteiger partial charge >= 0.3 is 12.1 Å².